The van der Waals surface area contributed by atoms with Crippen molar-refractivity contribution in [2.24, 2.45) is 5.10 Å². The molecule has 0 amide bonds. The Bertz CT molecular complexity index is 769. The SMILES string of the molecule is Cc1ccc(C=NNS(=O)(=O)c2ccc(Br)cc2)c(C)c1. The number of halogens is 1. The van der Waals surface area contributed by atoms with Gasteiger partial charge in [0.1, 0.15) is 0 Å². The van der Waals surface area contributed by atoms with Gasteiger partial charge < -0.3 is 0 Å². The molecule has 0 radical (unpaired) electrons. The quantitative estimate of drug-likeness (QED) is 0.665. The van der Waals surface area contributed by atoms with Gasteiger partial charge in [-0.1, -0.05) is 39.7 Å². The standard InChI is InChI=1S/C15H15BrN2O2S/c1-11-3-4-13(12(2)9-11)10-17-18-21(19,20)15-7-5-14(16)6-8-15/h3-10,18H,1-2H3. The number of hydrazone groups is 1. The molecule has 21 heavy (non-hydrogen) atoms. The van der Waals surface area contributed by atoms with E-state index in [1.54, 1.807) is 12.1 Å². The third-order valence-electron chi connectivity index (χ3n) is 2.93. The summed E-state index contributed by atoms with van der Waals surface area (Å²) in [4.78, 5) is 2.38. The molecule has 2 aromatic carbocycles. The van der Waals surface area contributed by atoms with Crippen molar-refractivity contribution in [3.8, 4) is 0 Å². The van der Waals surface area contributed by atoms with Crippen molar-refractivity contribution in [2.45, 2.75) is 18.7 Å². The van der Waals surface area contributed by atoms with E-state index in [9.17, 15) is 8.42 Å². The van der Waals surface area contributed by atoms with E-state index in [-0.39, 0.29) is 4.90 Å². The van der Waals surface area contributed by atoms with Crippen LogP contribution in [0.3, 0.4) is 0 Å². The van der Waals surface area contributed by atoms with Crippen molar-refractivity contribution < 1.29 is 8.42 Å². The second-order valence-electron chi connectivity index (χ2n) is 4.67. The van der Waals surface area contributed by atoms with Crippen LogP contribution in [0.15, 0.2) is 56.9 Å². The zero-order chi connectivity index (χ0) is 15.5. The first-order chi connectivity index (χ1) is 9.88. The molecule has 0 saturated heterocycles. The molecule has 6 heteroatoms. The summed E-state index contributed by atoms with van der Waals surface area (Å²) < 4.78 is 24.9. The average Bonchev–Trinajstić information content (AvgIpc) is 2.41. The van der Waals surface area contributed by atoms with Crippen LogP contribution in [-0.2, 0) is 10.0 Å². The second-order valence-corrected chi connectivity index (χ2v) is 7.24. The van der Waals surface area contributed by atoms with Crippen molar-refractivity contribution >= 4 is 32.2 Å². The molecule has 0 aliphatic carbocycles. The highest BCUT2D eigenvalue weighted by molar-refractivity contribution is 9.10. The summed E-state index contributed by atoms with van der Waals surface area (Å²) in [6.45, 7) is 3.96. The van der Waals surface area contributed by atoms with Crippen molar-refractivity contribution in [2.75, 3.05) is 0 Å². The number of aryl methyl sites for hydroxylation is 2. The van der Waals surface area contributed by atoms with Gasteiger partial charge in [-0.05, 0) is 49.2 Å². The Hall–Kier alpha value is -1.66. The molecule has 0 aliphatic heterocycles. The lowest BCUT2D eigenvalue weighted by Crippen LogP contribution is -2.18. The van der Waals surface area contributed by atoms with Gasteiger partial charge in [0, 0.05) is 4.47 Å². The van der Waals surface area contributed by atoms with Gasteiger partial charge in [-0.15, -0.1) is 0 Å². The van der Waals surface area contributed by atoms with Gasteiger partial charge >= 0.3 is 0 Å². The minimum Gasteiger partial charge on any atom is -0.200 e. The van der Waals surface area contributed by atoms with Crippen LogP contribution in [0.2, 0.25) is 0 Å². The number of hydrogen-bond donors (Lipinski definition) is 1. The van der Waals surface area contributed by atoms with Crippen LogP contribution < -0.4 is 4.83 Å². The highest BCUT2D eigenvalue weighted by atomic mass is 79.9. The summed E-state index contributed by atoms with van der Waals surface area (Å²) in [6.07, 6.45) is 1.51. The zero-order valence-corrected chi connectivity index (χ0v) is 14.1. The van der Waals surface area contributed by atoms with Gasteiger partial charge in [0.05, 0.1) is 11.1 Å². The molecule has 0 aromatic heterocycles. The van der Waals surface area contributed by atoms with E-state index in [1.165, 1.54) is 18.3 Å². The molecule has 0 saturated carbocycles. The Labute approximate surface area is 133 Å². The van der Waals surface area contributed by atoms with Gasteiger partial charge in [-0.2, -0.15) is 13.5 Å². The highest BCUT2D eigenvalue weighted by Crippen LogP contribution is 2.14. The monoisotopic (exact) mass is 366 g/mol. The molecule has 0 aliphatic rings. The van der Waals surface area contributed by atoms with Gasteiger partial charge in [0.2, 0.25) is 0 Å². The molecule has 0 unspecified atom stereocenters. The molecule has 1 N–H and O–H groups in total. The lowest BCUT2D eigenvalue weighted by molar-refractivity contribution is 0.584. The molecule has 4 nitrogen and oxygen atoms in total. The molecule has 2 aromatic rings. The molecular weight excluding hydrogens is 352 g/mol. The van der Waals surface area contributed by atoms with Gasteiger partial charge in [-0.25, -0.2) is 4.83 Å². The van der Waals surface area contributed by atoms with Crippen LogP contribution in [-0.4, -0.2) is 14.6 Å². The zero-order valence-electron chi connectivity index (χ0n) is 11.7. The van der Waals surface area contributed by atoms with Gasteiger partial charge in [0.15, 0.2) is 0 Å². The number of benzene rings is 2. The summed E-state index contributed by atoms with van der Waals surface area (Å²) in [7, 11) is -3.64. The number of hydrogen-bond acceptors (Lipinski definition) is 3. The Balaban J connectivity index is 2.14. The highest BCUT2D eigenvalue weighted by Gasteiger charge is 2.11. The molecule has 0 spiro atoms. The predicted molar refractivity (Wildman–Crippen MR) is 88.0 cm³/mol. The first kappa shape index (κ1) is 15.7. The van der Waals surface area contributed by atoms with Crippen LogP contribution in [0.5, 0.6) is 0 Å². The van der Waals surface area contributed by atoms with E-state index in [0.29, 0.717) is 0 Å². The molecule has 0 heterocycles. The first-order valence-electron chi connectivity index (χ1n) is 6.26. The predicted octanol–water partition coefficient (Wildman–Crippen LogP) is 3.38. The Morgan fingerprint density at radius 3 is 2.38 bits per heavy atom. The van der Waals surface area contributed by atoms with E-state index < -0.39 is 10.0 Å². The Morgan fingerprint density at radius 1 is 1.10 bits per heavy atom. The minimum absolute atomic E-state index is 0.170. The average molecular weight is 367 g/mol. The smallest absolute Gasteiger partial charge is 0.200 e. The first-order valence-corrected chi connectivity index (χ1v) is 8.54. The maximum Gasteiger partial charge on any atom is 0.276 e. The van der Waals surface area contributed by atoms with Gasteiger partial charge in [0.25, 0.3) is 10.0 Å². The van der Waals surface area contributed by atoms with Crippen molar-refractivity contribution in [1.29, 1.82) is 0 Å². The van der Waals surface area contributed by atoms with E-state index in [1.807, 2.05) is 32.0 Å². The fraction of sp³-hybridized carbons (Fsp3) is 0.133. The van der Waals surface area contributed by atoms with Crippen LogP contribution in [0.25, 0.3) is 0 Å². The fourth-order valence-electron chi connectivity index (χ4n) is 1.80. The van der Waals surface area contributed by atoms with Crippen molar-refractivity contribution in [3.63, 3.8) is 0 Å². The molecular formula is C15H15BrN2O2S. The summed E-state index contributed by atoms with van der Waals surface area (Å²) in [6, 6.07) is 12.2. The Morgan fingerprint density at radius 2 is 1.76 bits per heavy atom. The van der Waals surface area contributed by atoms with Crippen LogP contribution in [0, 0.1) is 13.8 Å². The second kappa shape index (κ2) is 6.41. The number of rotatable bonds is 4. The lowest BCUT2D eigenvalue weighted by Gasteiger charge is -2.04. The molecule has 110 valence electrons. The lowest BCUT2D eigenvalue weighted by atomic mass is 10.1. The molecule has 0 atom stereocenters. The summed E-state index contributed by atoms with van der Waals surface area (Å²) >= 11 is 3.26. The minimum atomic E-state index is -3.64. The van der Waals surface area contributed by atoms with E-state index in [0.717, 1.165) is 21.2 Å². The Kier molecular flexibility index (Phi) is 4.80. The van der Waals surface area contributed by atoms with Crippen molar-refractivity contribution in [1.82, 2.24) is 4.83 Å². The topological polar surface area (TPSA) is 58.5 Å². The third kappa shape index (κ3) is 4.15. The number of nitrogens with one attached hydrogen (secondary N) is 1. The molecule has 2 rings (SSSR count). The van der Waals surface area contributed by atoms with E-state index in [2.05, 4.69) is 25.9 Å². The maximum atomic E-state index is 12.0. The largest absolute Gasteiger partial charge is 0.276 e. The van der Waals surface area contributed by atoms with Crippen LogP contribution in [0.1, 0.15) is 16.7 Å². The molecule has 0 fully saturated rings. The van der Waals surface area contributed by atoms with Crippen LogP contribution in [0.4, 0.5) is 0 Å². The summed E-state index contributed by atoms with van der Waals surface area (Å²) in [5.41, 5.74) is 3.07. The summed E-state index contributed by atoms with van der Waals surface area (Å²) in [5.74, 6) is 0. The maximum absolute atomic E-state index is 12.0. The number of sulfonamides is 1. The van der Waals surface area contributed by atoms with E-state index in [4.69, 9.17) is 0 Å². The normalized spacial score (nSPS) is 11.8. The molecule has 0 bridgehead atoms. The number of nitrogens with zero attached hydrogens (tertiary/aromatic N) is 1. The summed E-state index contributed by atoms with van der Waals surface area (Å²) in [5, 5.41) is 3.83. The van der Waals surface area contributed by atoms with E-state index >= 15 is 0 Å². The fourth-order valence-corrected chi connectivity index (χ4v) is 2.86. The van der Waals surface area contributed by atoms with Crippen molar-refractivity contribution in [3.05, 3.63) is 63.6 Å². The van der Waals surface area contributed by atoms with Gasteiger partial charge in [-0.3, -0.25) is 0 Å². The third-order valence-corrected chi connectivity index (χ3v) is 4.69. The van der Waals surface area contributed by atoms with Crippen LogP contribution >= 0.6 is 15.9 Å².